The van der Waals surface area contributed by atoms with Crippen LogP contribution in [0.1, 0.15) is 27.5 Å². The molecule has 0 N–H and O–H groups in total. The van der Waals surface area contributed by atoms with E-state index in [1.54, 1.807) is 36.4 Å². The fraction of sp³-hybridized carbons (Fsp3) is 0.222. The quantitative estimate of drug-likeness (QED) is 0.843. The number of rotatable bonds is 2. The van der Waals surface area contributed by atoms with Crippen molar-refractivity contribution < 1.29 is 22.8 Å². The molecule has 3 nitrogen and oxygen atoms in total. The van der Waals surface area contributed by atoms with Gasteiger partial charge in [0.2, 0.25) is 0 Å². The largest absolute Gasteiger partial charge is 0.452 e. The van der Waals surface area contributed by atoms with Gasteiger partial charge in [-0.2, -0.15) is 13.2 Å². The van der Waals surface area contributed by atoms with Crippen LogP contribution < -0.4 is 0 Å². The number of carbonyl (C=O) groups is 2. The van der Waals surface area contributed by atoms with Gasteiger partial charge in [0.1, 0.15) is 6.04 Å². The maximum Gasteiger partial charge on any atom is 0.452 e. The number of benzene rings is 2. The van der Waals surface area contributed by atoms with Gasteiger partial charge in [0.25, 0.3) is 11.7 Å². The maximum atomic E-state index is 13.1. The van der Waals surface area contributed by atoms with E-state index < -0.39 is 23.9 Å². The van der Waals surface area contributed by atoms with Gasteiger partial charge >= 0.3 is 6.18 Å². The van der Waals surface area contributed by atoms with Crippen molar-refractivity contribution in [3.63, 3.8) is 0 Å². The first-order valence-corrected chi connectivity index (χ1v) is 7.44. The van der Waals surface area contributed by atoms with Gasteiger partial charge in [-0.05, 0) is 29.7 Å². The van der Waals surface area contributed by atoms with Gasteiger partial charge < -0.3 is 4.90 Å². The Morgan fingerprint density at radius 2 is 1.58 bits per heavy atom. The summed E-state index contributed by atoms with van der Waals surface area (Å²) in [4.78, 5) is 25.7. The minimum Gasteiger partial charge on any atom is -0.324 e. The number of halogens is 3. The van der Waals surface area contributed by atoms with Crippen LogP contribution in [0.15, 0.2) is 54.6 Å². The molecular formula is C18H14F3NO2. The highest BCUT2D eigenvalue weighted by atomic mass is 19.4. The van der Waals surface area contributed by atoms with E-state index >= 15 is 0 Å². The van der Waals surface area contributed by atoms with E-state index in [0.717, 1.165) is 4.90 Å². The molecular weight excluding hydrogens is 319 g/mol. The molecule has 0 radical (unpaired) electrons. The minimum absolute atomic E-state index is 0.0667. The first kappa shape index (κ1) is 16.2. The Morgan fingerprint density at radius 3 is 2.25 bits per heavy atom. The fourth-order valence-corrected chi connectivity index (χ4v) is 2.97. The Bertz CT molecular complexity index is 771. The third-order valence-electron chi connectivity index (χ3n) is 4.09. The number of Topliss-reactive ketones (excluding diaryl/α,β-unsaturated/α-hetero) is 1. The molecule has 24 heavy (non-hydrogen) atoms. The SMILES string of the molecule is O=C(c1ccccc1)N1CCc2ccccc2C1C(=O)C(F)(F)F. The molecule has 1 heterocycles. The molecule has 3 rings (SSSR count). The van der Waals surface area contributed by atoms with Crippen LogP contribution in [-0.4, -0.2) is 29.3 Å². The van der Waals surface area contributed by atoms with Crippen LogP contribution in [0.5, 0.6) is 0 Å². The highest BCUT2D eigenvalue weighted by Crippen LogP contribution is 2.36. The number of nitrogens with zero attached hydrogens (tertiary/aromatic N) is 1. The molecule has 2 aromatic rings. The van der Waals surface area contributed by atoms with Gasteiger partial charge in [0.15, 0.2) is 0 Å². The molecule has 124 valence electrons. The number of hydrogen-bond acceptors (Lipinski definition) is 2. The Balaban J connectivity index is 2.05. The lowest BCUT2D eigenvalue weighted by Crippen LogP contribution is -2.47. The summed E-state index contributed by atoms with van der Waals surface area (Å²) in [7, 11) is 0. The van der Waals surface area contributed by atoms with Crippen molar-refractivity contribution in [1.82, 2.24) is 4.90 Å². The van der Waals surface area contributed by atoms with Crippen LogP contribution in [0, 0.1) is 0 Å². The molecule has 0 spiro atoms. The lowest BCUT2D eigenvalue weighted by molar-refractivity contribution is -0.176. The number of carbonyl (C=O) groups excluding carboxylic acids is 2. The highest BCUT2D eigenvalue weighted by molar-refractivity contribution is 6.00. The number of alkyl halides is 3. The Hall–Kier alpha value is -2.63. The normalized spacial score (nSPS) is 17.3. The Morgan fingerprint density at radius 1 is 0.958 bits per heavy atom. The van der Waals surface area contributed by atoms with Crippen LogP contribution in [0.4, 0.5) is 13.2 Å². The lowest BCUT2D eigenvalue weighted by atomic mass is 9.89. The number of hydrogen-bond donors (Lipinski definition) is 0. The van der Waals surface area contributed by atoms with E-state index in [4.69, 9.17) is 0 Å². The molecule has 1 amide bonds. The molecule has 1 aliphatic rings. The lowest BCUT2D eigenvalue weighted by Gasteiger charge is -2.36. The molecule has 1 unspecified atom stereocenters. The van der Waals surface area contributed by atoms with Crippen molar-refractivity contribution >= 4 is 11.7 Å². The van der Waals surface area contributed by atoms with Gasteiger partial charge in [0.05, 0.1) is 0 Å². The standard InChI is InChI=1S/C18H14F3NO2/c19-18(20,21)16(23)15-14-9-5-4-6-12(14)10-11-22(15)17(24)13-7-2-1-3-8-13/h1-9,15H,10-11H2. The van der Waals surface area contributed by atoms with E-state index in [9.17, 15) is 22.8 Å². The highest BCUT2D eigenvalue weighted by Gasteiger charge is 2.49. The van der Waals surface area contributed by atoms with Crippen molar-refractivity contribution in [3.05, 3.63) is 71.3 Å². The van der Waals surface area contributed by atoms with Crippen molar-refractivity contribution in [1.29, 1.82) is 0 Å². The topological polar surface area (TPSA) is 37.4 Å². The van der Waals surface area contributed by atoms with Crippen molar-refractivity contribution in [3.8, 4) is 0 Å². The predicted molar refractivity (Wildman–Crippen MR) is 81.4 cm³/mol. The molecule has 0 aromatic heterocycles. The van der Waals surface area contributed by atoms with Crippen LogP contribution in [0.25, 0.3) is 0 Å². The van der Waals surface area contributed by atoms with Gasteiger partial charge in [-0.1, -0.05) is 42.5 Å². The zero-order valence-corrected chi connectivity index (χ0v) is 12.6. The van der Waals surface area contributed by atoms with Crippen molar-refractivity contribution in [2.24, 2.45) is 0 Å². The first-order chi connectivity index (χ1) is 11.4. The smallest absolute Gasteiger partial charge is 0.324 e. The van der Waals surface area contributed by atoms with E-state index in [-0.39, 0.29) is 17.7 Å². The monoisotopic (exact) mass is 333 g/mol. The van der Waals surface area contributed by atoms with E-state index in [1.165, 1.54) is 18.2 Å². The molecule has 1 atom stereocenters. The second kappa shape index (κ2) is 6.11. The summed E-state index contributed by atoms with van der Waals surface area (Å²) < 4.78 is 39.2. The number of amides is 1. The Kier molecular flexibility index (Phi) is 4.13. The molecule has 0 bridgehead atoms. The first-order valence-electron chi connectivity index (χ1n) is 7.44. The summed E-state index contributed by atoms with van der Waals surface area (Å²) in [6.45, 7) is 0.0667. The molecule has 0 saturated carbocycles. The second-order valence-corrected chi connectivity index (χ2v) is 5.58. The zero-order chi connectivity index (χ0) is 17.3. The third kappa shape index (κ3) is 2.91. The molecule has 0 aliphatic carbocycles. The maximum absolute atomic E-state index is 13.1. The van der Waals surface area contributed by atoms with Gasteiger partial charge in [-0.15, -0.1) is 0 Å². The zero-order valence-electron chi connectivity index (χ0n) is 12.6. The van der Waals surface area contributed by atoms with Crippen LogP contribution in [0.3, 0.4) is 0 Å². The summed E-state index contributed by atoms with van der Waals surface area (Å²) in [5.74, 6) is -2.49. The predicted octanol–water partition coefficient (Wildman–Crippen LogP) is 3.56. The van der Waals surface area contributed by atoms with Crippen LogP contribution in [0.2, 0.25) is 0 Å². The molecule has 1 aliphatic heterocycles. The molecule has 6 heteroatoms. The summed E-state index contributed by atoms with van der Waals surface area (Å²) in [5.41, 5.74) is 1.17. The van der Waals surface area contributed by atoms with Gasteiger partial charge in [-0.3, -0.25) is 9.59 Å². The van der Waals surface area contributed by atoms with Gasteiger partial charge in [-0.25, -0.2) is 0 Å². The average molecular weight is 333 g/mol. The van der Waals surface area contributed by atoms with Crippen molar-refractivity contribution in [2.75, 3.05) is 6.54 Å². The van der Waals surface area contributed by atoms with Crippen molar-refractivity contribution in [2.45, 2.75) is 18.6 Å². The summed E-state index contributed by atoms with van der Waals surface area (Å²) in [6, 6.07) is 12.8. The summed E-state index contributed by atoms with van der Waals surface area (Å²) in [6.07, 6.45) is -4.60. The number of fused-ring (bicyclic) bond motifs is 1. The molecule has 0 fully saturated rings. The van der Waals surface area contributed by atoms with E-state index in [2.05, 4.69) is 0 Å². The average Bonchev–Trinajstić information content (AvgIpc) is 2.59. The summed E-state index contributed by atoms with van der Waals surface area (Å²) >= 11 is 0. The summed E-state index contributed by atoms with van der Waals surface area (Å²) in [5, 5.41) is 0. The number of ketones is 1. The van der Waals surface area contributed by atoms with E-state index in [0.29, 0.717) is 12.0 Å². The second-order valence-electron chi connectivity index (χ2n) is 5.58. The molecule has 0 saturated heterocycles. The fourth-order valence-electron chi connectivity index (χ4n) is 2.97. The minimum atomic E-state index is -5.01. The molecule has 2 aromatic carbocycles. The van der Waals surface area contributed by atoms with Crippen LogP contribution >= 0.6 is 0 Å². The van der Waals surface area contributed by atoms with E-state index in [1.807, 2.05) is 0 Å². The third-order valence-corrected chi connectivity index (χ3v) is 4.09. The Labute approximate surface area is 136 Å². The van der Waals surface area contributed by atoms with Gasteiger partial charge in [0, 0.05) is 12.1 Å². The van der Waals surface area contributed by atoms with Crippen LogP contribution in [-0.2, 0) is 11.2 Å².